The molecule has 0 radical (unpaired) electrons. The van der Waals surface area contributed by atoms with Gasteiger partial charge in [-0.15, -0.1) is 0 Å². The predicted molar refractivity (Wildman–Crippen MR) is 114 cm³/mol. The zero-order chi connectivity index (χ0) is 21.7. The first kappa shape index (κ1) is 20.2. The Bertz CT molecular complexity index is 1340. The van der Waals surface area contributed by atoms with Gasteiger partial charge in [0.2, 0.25) is 10.0 Å². The molecule has 3 aromatic heterocycles. The number of aryl methyl sites for hydroxylation is 1. The summed E-state index contributed by atoms with van der Waals surface area (Å²) in [6.45, 7) is 1.62. The van der Waals surface area contributed by atoms with E-state index in [0.29, 0.717) is 16.0 Å². The Morgan fingerprint density at radius 1 is 1.40 bits per heavy atom. The number of oxime groups is 1. The second-order valence-electron chi connectivity index (χ2n) is 7.19. The number of aromatic nitrogens is 4. The van der Waals surface area contributed by atoms with Crippen LogP contribution in [-0.2, 0) is 17.1 Å². The molecule has 11 heteroatoms. The van der Waals surface area contributed by atoms with Crippen molar-refractivity contribution in [1.82, 2.24) is 18.7 Å². The number of allylic oxidation sites excluding steroid dienone is 3. The summed E-state index contributed by atoms with van der Waals surface area (Å²) in [6, 6.07) is 3.12. The van der Waals surface area contributed by atoms with E-state index >= 15 is 0 Å². The third-order valence-corrected chi connectivity index (χ3v) is 7.86. The number of pyridine rings is 1. The van der Waals surface area contributed by atoms with Crippen LogP contribution in [0.5, 0.6) is 0 Å². The lowest BCUT2D eigenvalue weighted by Gasteiger charge is -2.35. The quantitative estimate of drug-likeness (QED) is 0.274. The van der Waals surface area contributed by atoms with E-state index in [9.17, 15) is 8.42 Å². The fourth-order valence-electron chi connectivity index (χ4n) is 3.77. The molecule has 3 aromatic rings. The van der Waals surface area contributed by atoms with Crippen LogP contribution in [0.25, 0.3) is 11.0 Å². The third-order valence-electron chi connectivity index (χ3n) is 5.33. The van der Waals surface area contributed by atoms with Crippen LogP contribution in [-0.4, -0.2) is 42.9 Å². The minimum absolute atomic E-state index is 0.138. The Morgan fingerprint density at radius 2 is 2.17 bits per heavy atom. The van der Waals surface area contributed by atoms with E-state index in [1.165, 1.54) is 18.5 Å². The van der Waals surface area contributed by atoms with E-state index in [2.05, 4.69) is 15.2 Å². The van der Waals surface area contributed by atoms with Crippen LogP contribution in [0.4, 0.5) is 0 Å². The number of hydrogen-bond acceptors (Lipinski definition) is 6. The third kappa shape index (κ3) is 2.91. The van der Waals surface area contributed by atoms with Crippen molar-refractivity contribution in [2.24, 2.45) is 17.9 Å². The second-order valence-corrected chi connectivity index (χ2v) is 9.85. The van der Waals surface area contributed by atoms with Gasteiger partial charge in [-0.05, 0) is 36.8 Å². The van der Waals surface area contributed by atoms with Crippen molar-refractivity contribution >= 4 is 38.5 Å². The SMILES string of the molecule is Cn1cc(C2C=CC(Cl)=CC2(C)S(=O)(=O)n2ccc3c(/C(N)=N/O)ccnc32)cn1. The first-order chi connectivity index (χ1) is 14.2. The normalized spacial score (nSPS) is 22.4. The topological polar surface area (TPSA) is 128 Å². The Labute approximate surface area is 177 Å². The van der Waals surface area contributed by atoms with E-state index in [-0.39, 0.29) is 11.5 Å². The summed E-state index contributed by atoms with van der Waals surface area (Å²) in [5, 5.41) is 17.0. The molecule has 0 saturated carbocycles. The van der Waals surface area contributed by atoms with E-state index in [4.69, 9.17) is 22.5 Å². The van der Waals surface area contributed by atoms with Crippen molar-refractivity contribution < 1.29 is 13.6 Å². The Hall–Kier alpha value is -3.11. The summed E-state index contributed by atoms with van der Waals surface area (Å²) in [7, 11) is -2.29. The van der Waals surface area contributed by atoms with E-state index in [1.807, 2.05) is 0 Å². The number of nitrogens with zero attached hydrogens (tertiary/aromatic N) is 5. The highest BCUT2D eigenvalue weighted by Crippen LogP contribution is 2.43. The Kier molecular flexibility index (Phi) is 4.70. The van der Waals surface area contributed by atoms with Crippen molar-refractivity contribution in [2.45, 2.75) is 17.6 Å². The zero-order valence-corrected chi connectivity index (χ0v) is 17.7. The fraction of sp³-hybridized carbons (Fsp3) is 0.211. The Morgan fingerprint density at radius 3 is 2.83 bits per heavy atom. The molecule has 0 aliphatic heterocycles. The number of hydrogen-bond donors (Lipinski definition) is 2. The molecule has 0 aromatic carbocycles. The van der Waals surface area contributed by atoms with Gasteiger partial charge in [0.05, 0.1) is 6.20 Å². The summed E-state index contributed by atoms with van der Waals surface area (Å²) in [5.41, 5.74) is 7.02. The molecular weight excluding hydrogens is 428 g/mol. The molecule has 156 valence electrons. The summed E-state index contributed by atoms with van der Waals surface area (Å²) in [4.78, 5) is 4.24. The maximum absolute atomic E-state index is 13.9. The number of halogens is 1. The summed E-state index contributed by atoms with van der Waals surface area (Å²) >= 11 is 6.23. The van der Waals surface area contributed by atoms with Crippen molar-refractivity contribution in [3.63, 3.8) is 0 Å². The van der Waals surface area contributed by atoms with Gasteiger partial charge >= 0.3 is 0 Å². The van der Waals surface area contributed by atoms with Crippen LogP contribution >= 0.6 is 11.6 Å². The first-order valence-electron chi connectivity index (χ1n) is 8.93. The van der Waals surface area contributed by atoms with Crippen molar-refractivity contribution in [1.29, 1.82) is 0 Å². The van der Waals surface area contributed by atoms with E-state index < -0.39 is 20.7 Å². The molecule has 0 spiro atoms. The van der Waals surface area contributed by atoms with Gasteiger partial charge in [-0.3, -0.25) is 4.68 Å². The van der Waals surface area contributed by atoms with Gasteiger partial charge < -0.3 is 10.9 Å². The lowest BCUT2D eigenvalue weighted by atomic mass is 9.85. The van der Waals surface area contributed by atoms with E-state index in [0.717, 1.165) is 9.54 Å². The van der Waals surface area contributed by atoms with Crippen molar-refractivity contribution in [3.8, 4) is 0 Å². The lowest BCUT2D eigenvalue weighted by molar-refractivity contribution is 0.318. The van der Waals surface area contributed by atoms with Gasteiger partial charge in [0.1, 0.15) is 4.75 Å². The van der Waals surface area contributed by atoms with Gasteiger partial charge in [0, 0.05) is 47.5 Å². The van der Waals surface area contributed by atoms with Gasteiger partial charge in [-0.1, -0.05) is 22.8 Å². The Balaban J connectivity index is 1.93. The fourth-order valence-corrected chi connectivity index (χ4v) is 5.96. The number of nitrogens with two attached hydrogens (primary N) is 1. The number of amidine groups is 1. The molecule has 9 nitrogen and oxygen atoms in total. The van der Waals surface area contributed by atoms with Crippen LogP contribution in [0.3, 0.4) is 0 Å². The standard InChI is InChI=1S/C19H19ClN6O3S/c1-19(9-13(20)3-4-16(19)12-10-23-25(2)11-12)30(28,29)26-8-6-15-14(17(21)24-27)5-7-22-18(15)26/h3-11,16,27H,1-2H3,(H2,21,24). The first-order valence-corrected chi connectivity index (χ1v) is 10.7. The molecular formula is C19H19ClN6O3S. The second kappa shape index (κ2) is 6.99. The van der Waals surface area contributed by atoms with Gasteiger partial charge in [0.25, 0.3) is 0 Å². The average Bonchev–Trinajstić information content (AvgIpc) is 3.33. The predicted octanol–water partition coefficient (Wildman–Crippen LogP) is 2.28. The summed E-state index contributed by atoms with van der Waals surface area (Å²) < 4.78 is 29.2. The lowest BCUT2D eigenvalue weighted by Crippen LogP contribution is -2.43. The molecule has 30 heavy (non-hydrogen) atoms. The minimum Gasteiger partial charge on any atom is -0.409 e. The minimum atomic E-state index is -4.05. The molecule has 3 N–H and O–H groups in total. The molecule has 0 saturated heterocycles. The maximum Gasteiger partial charge on any atom is 0.250 e. The molecule has 1 aliphatic carbocycles. The zero-order valence-electron chi connectivity index (χ0n) is 16.1. The largest absolute Gasteiger partial charge is 0.409 e. The highest BCUT2D eigenvalue weighted by atomic mass is 35.5. The van der Waals surface area contributed by atoms with Crippen LogP contribution in [0.2, 0.25) is 0 Å². The molecule has 3 heterocycles. The van der Waals surface area contributed by atoms with Gasteiger partial charge in [-0.2, -0.15) is 5.10 Å². The smallest absolute Gasteiger partial charge is 0.250 e. The van der Waals surface area contributed by atoms with Crippen LogP contribution in [0.1, 0.15) is 24.0 Å². The van der Waals surface area contributed by atoms with Gasteiger partial charge in [0.15, 0.2) is 11.5 Å². The monoisotopic (exact) mass is 446 g/mol. The van der Waals surface area contributed by atoms with Crippen LogP contribution < -0.4 is 5.73 Å². The molecule has 1 aliphatic rings. The molecule has 0 amide bonds. The summed E-state index contributed by atoms with van der Waals surface area (Å²) in [5.74, 6) is -0.663. The van der Waals surface area contributed by atoms with Gasteiger partial charge in [-0.25, -0.2) is 17.4 Å². The number of fused-ring (bicyclic) bond motifs is 1. The molecule has 2 unspecified atom stereocenters. The molecule has 0 fully saturated rings. The summed E-state index contributed by atoms with van der Waals surface area (Å²) in [6.07, 6.45) is 11.2. The number of rotatable bonds is 4. The van der Waals surface area contributed by atoms with Crippen LogP contribution in [0.15, 0.2) is 65.3 Å². The maximum atomic E-state index is 13.9. The van der Waals surface area contributed by atoms with Crippen molar-refractivity contribution in [2.75, 3.05) is 0 Å². The molecule has 2 atom stereocenters. The van der Waals surface area contributed by atoms with Crippen LogP contribution in [0, 0.1) is 0 Å². The highest BCUT2D eigenvalue weighted by molar-refractivity contribution is 7.91. The van der Waals surface area contributed by atoms with Crippen molar-refractivity contribution in [3.05, 3.63) is 71.3 Å². The molecule has 0 bridgehead atoms. The average molecular weight is 447 g/mol. The molecule has 4 rings (SSSR count). The highest BCUT2D eigenvalue weighted by Gasteiger charge is 2.47. The van der Waals surface area contributed by atoms with E-state index in [1.54, 1.807) is 55.3 Å².